The summed E-state index contributed by atoms with van der Waals surface area (Å²) in [5, 5.41) is 11.3. The van der Waals surface area contributed by atoms with Crippen molar-refractivity contribution in [2.24, 2.45) is 0 Å². The van der Waals surface area contributed by atoms with Crippen LogP contribution >= 0.6 is 12.4 Å². The van der Waals surface area contributed by atoms with Crippen molar-refractivity contribution in [3.8, 4) is 0 Å². The van der Waals surface area contributed by atoms with Crippen LogP contribution in [-0.4, -0.2) is 41.7 Å². The quantitative estimate of drug-likeness (QED) is 0.714. The number of rotatable bonds is 8. The van der Waals surface area contributed by atoms with E-state index in [9.17, 15) is 9.90 Å². The number of hydrogen-bond donors (Lipinski definition) is 1. The molecular formula is C21H28ClNO3. The highest BCUT2D eigenvalue weighted by Gasteiger charge is 2.42. The molecule has 2 rings (SSSR count). The third kappa shape index (κ3) is 5.07. The average molecular weight is 378 g/mol. The minimum atomic E-state index is -1.82. The summed E-state index contributed by atoms with van der Waals surface area (Å²) in [7, 11) is 0. The van der Waals surface area contributed by atoms with Gasteiger partial charge in [0.05, 0.1) is 0 Å². The Hall–Kier alpha value is -1.88. The number of esters is 1. The second kappa shape index (κ2) is 10.3. The lowest BCUT2D eigenvalue weighted by atomic mass is 9.86. The van der Waals surface area contributed by atoms with Crippen molar-refractivity contribution in [1.29, 1.82) is 0 Å². The van der Waals surface area contributed by atoms with Gasteiger partial charge in [-0.1, -0.05) is 74.5 Å². The van der Waals surface area contributed by atoms with Crippen LogP contribution in [0, 0.1) is 0 Å². The number of benzene rings is 2. The van der Waals surface area contributed by atoms with E-state index in [1.807, 2.05) is 19.1 Å². The summed E-state index contributed by atoms with van der Waals surface area (Å²) in [4.78, 5) is 15.1. The van der Waals surface area contributed by atoms with Crippen LogP contribution in [-0.2, 0) is 15.1 Å². The summed E-state index contributed by atoms with van der Waals surface area (Å²) < 4.78 is 5.63. The zero-order valence-corrected chi connectivity index (χ0v) is 16.4. The predicted octanol–water partition coefficient (Wildman–Crippen LogP) is 3.62. The van der Waals surface area contributed by atoms with Crippen molar-refractivity contribution in [3.05, 3.63) is 71.8 Å². The lowest BCUT2D eigenvalue weighted by Crippen LogP contribution is -2.42. The minimum Gasteiger partial charge on any atom is -0.459 e. The Morgan fingerprint density at radius 2 is 1.42 bits per heavy atom. The molecule has 142 valence electrons. The van der Waals surface area contributed by atoms with Gasteiger partial charge in [-0.3, -0.25) is 0 Å². The van der Waals surface area contributed by atoms with E-state index >= 15 is 0 Å². The van der Waals surface area contributed by atoms with Gasteiger partial charge in [0.15, 0.2) is 0 Å². The molecule has 2 aromatic rings. The van der Waals surface area contributed by atoms with Gasteiger partial charge in [-0.2, -0.15) is 0 Å². The first kappa shape index (κ1) is 22.2. The van der Waals surface area contributed by atoms with E-state index < -0.39 is 11.6 Å². The Morgan fingerprint density at radius 1 is 1.00 bits per heavy atom. The van der Waals surface area contributed by atoms with E-state index in [2.05, 4.69) is 18.7 Å². The Balaban J connectivity index is 0.00000338. The molecule has 2 aromatic carbocycles. The fourth-order valence-corrected chi connectivity index (χ4v) is 2.91. The Kier molecular flexibility index (Phi) is 8.79. The molecule has 0 saturated carbocycles. The first-order valence-electron chi connectivity index (χ1n) is 8.79. The Labute approximate surface area is 162 Å². The maximum absolute atomic E-state index is 12.9. The number of halogens is 1. The third-order valence-electron chi connectivity index (χ3n) is 4.40. The van der Waals surface area contributed by atoms with Crippen LogP contribution < -0.4 is 0 Å². The number of carbonyl (C=O) groups excluding carboxylic acids is 1. The molecule has 0 aliphatic carbocycles. The fraction of sp³-hybridized carbons (Fsp3) is 0.381. The van der Waals surface area contributed by atoms with Crippen molar-refractivity contribution in [2.75, 3.05) is 19.6 Å². The zero-order valence-electron chi connectivity index (χ0n) is 15.6. The summed E-state index contributed by atoms with van der Waals surface area (Å²) in [6.07, 6.45) is -0.314. The zero-order chi connectivity index (χ0) is 18.3. The van der Waals surface area contributed by atoms with Crippen molar-refractivity contribution in [1.82, 2.24) is 4.90 Å². The van der Waals surface area contributed by atoms with Gasteiger partial charge in [0, 0.05) is 6.54 Å². The molecule has 5 heteroatoms. The van der Waals surface area contributed by atoms with E-state index in [1.165, 1.54) is 0 Å². The van der Waals surface area contributed by atoms with Gasteiger partial charge in [-0.25, -0.2) is 4.79 Å². The van der Waals surface area contributed by atoms with Crippen LogP contribution in [0.4, 0.5) is 0 Å². The van der Waals surface area contributed by atoms with E-state index in [0.29, 0.717) is 17.7 Å². The van der Waals surface area contributed by atoms with Crippen molar-refractivity contribution >= 4 is 18.4 Å². The maximum Gasteiger partial charge on any atom is 0.348 e. The normalized spacial score (nSPS) is 12.3. The minimum absolute atomic E-state index is 0. The van der Waals surface area contributed by atoms with Crippen molar-refractivity contribution < 1.29 is 14.6 Å². The van der Waals surface area contributed by atoms with Gasteiger partial charge < -0.3 is 14.7 Å². The molecule has 1 unspecified atom stereocenters. The molecule has 0 spiro atoms. The molecule has 0 radical (unpaired) electrons. The monoisotopic (exact) mass is 377 g/mol. The molecule has 0 fully saturated rings. The number of nitrogens with zero attached hydrogens (tertiary/aromatic N) is 1. The highest BCUT2D eigenvalue weighted by atomic mass is 35.5. The Morgan fingerprint density at radius 3 is 1.81 bits per heavy atom. The average Bonchev–Trinajstić information content (AvgIpc) is 2.66. The second-order valence-electron chi connectivity index (χ2n) is 6.14. The molecule has 0 heterocycles. The van der Waals surface area contributed by atoms with Crippen molar-refractivity contribution in [3.63, 3.8) is 0 Å². The van der Waals surface area contributed by atoms with E-state index in [1.54, 1.807) is 48.5 Å². The van der Waals surface area contributed by atoms with Crippen LogP contribution in [0.2, 0.25) is 0 Å². The summed E-state index contributed by atoms with van der Waals surface area (Å²) >= 11 is 0. The molecule has 1 N–H and O–H groups in total. The molecule has 0 bridgehead atoms. The highest BCUT2D eigenvalue weighted by molar-refractivity contribution is 5.86. The number of likely N-dealkylation sites (N-methyl/N-ethyl adjacent to an activating group) is 1. The van der Waals surface area contributed by atoms with E-state index in [4.69, 9.17) is 4.74 Å². The molecule has 0 aromatic heterocycles. The molecule has 0 aliphatic heterocycles. The van der Waals surface area contributed by atoms with Crippen molar-refractivity contribution in [2.45, 2.75) is 32.5 Å². The first-order chi connectivity index (χ1) is 12.0. The van der Waals surface area contributed by atoms with E-state index in [-0.39, 0.29) is 18.5 Å². The van der Waals surface area contributed by atoms with Gasteiger partial charge in [0.25, 0.3) is 0 Å². The number of carbonyl (C=O) groups is 1. The molecule has 4 nitrogen and oxygen atoms in total. The first-order valence-corrected chi connectivity index (χ1v) is 8.79. The molecule has 26 heavy (non-hydrogen) atoms. The lowest BCUT2D eigenvalue weighted by molar-refractivity contribution is -0.167. The van der Waals surface area contributed by atoms with Gasteiger partial charge in [0.1, 0.15) is 6.10 Å². The standard InChI is InChI=1S/C21H27NO3.ClH/c1-4-22(5-2)16-17(3)25-20(23)21(24,18-12-8-6-9-13-18)19-14-10-7-11-15-19;/h6-15,17,24H,4-5,16H2,1-3H3;1H. The third-order valence-corrected chi connectivity index (χ3v) is 4.40. The molecular weight excluding hydrogens is 350 g/mol. The fourth-order valence-electron chi connectivity index (χ4n) is 2.91. The van der Waals surface area contributed by atoms with Gasteiger partial charge in [-0.05, 0) is 31.1 Å². The Bertz CT molecular complexity index is 620. The maximum atomic E-state index is 12.9. The summed E-state index contributed by atoms with van der Waals surface area (Å²) in [6, 6.07) is 17.9. The summed E-state index contributed by atoms with van der Waals surface area (Å²) in [5.74, 6) is -0.649. The summed E-state index contributed by atoms with van der Waals surface area (Å²) in [6.45, 7) is 8.41. The largest absolute Gasteiger partial charge is 0.459 e. The number of ether oxygens (including phenoxy) is 1. The molecule has 1 atom stereocenters. The van der Waals surface area contributed by atoms with Crippen LogP contribution in [0.25, 0.3) is 0 Å². The predicted molar refractivity (Wildman–Crippen MR) is 106 cm³/mol. The van der Waals surface area contributed by atoms with Gasteiger partial charge >= 0.3 is 5.97 Å². The van der Waals surface area contributed by atoms with Crippen LogP contribution in [0.5, 0.6) is 0 Å². The molecule has 0 aliphatic rings. The topological polar surface area (TPSA) is 49.8 Å². The van der Waals surface area contributed by atoms with Gasteiger partial charge in [0.2, 0.25) is 5.60 Å². The van der Waals surface area contributed by atoms with Crippen LogP contribution in [0.1, 0.15) is 31.9 Å². The van der Waals surface area contributed by atoms with Crippen LogP contribution in [0.3, 0.4) is 0 Å². The van der Waals surface area contributed by atoms with Gasteiger partial charge in [-0.15, -0.1) is 12.4 Å². The number of aliphatic hydroxyl groups is 1. The van der Waals surface area contributed by atoms with E-state index in [0.717, 1.165) is 13.1 Å². The smallest absolute Gasteiger partial charge is 0.348 e. The van der Waals surface area contributed by atoms with Crippen LogP contribution in [0.15, 0.2) is 60.7 Å². The number of hydrogen-bond acceptors (Lipinski definition) is 4. The lowest BCUT2D eigenvalue weighted by Gasteiger charge is -2.30. The highest BCUT2D eigenvalue weighted by Crippen LogP contribution is 2.31. The second-order valence-corrected chi connectivity index (χ2v) is 6.14. The molecule has 0 amide bonds. The SMILES string of the molecule is CCN(CC)CC(C)OC(=O)C(O)(c1ccccc1)c1ccccc1.Cl. The summed E-state index contributed by atoms with van der Waals surface area (Å²) in [5.41, 5.74) is -0.817. The molecule has 0 saturated heterocycles.